The maximum Gasteiger partial charge on any atom is 0.333 e. The van der Waals surface area contributed by atoms with Crippen LogP contribution in [0.5, 0.6) is 0 Å². The van der Waals surface area contributed by atoms with Crippen LogP contribution in [0.15, 0.2) is 12.2 Å². The van der Waals surface area contributed by atoms with Crippen LogP contribution >= 0.6 is 0 Å². The molecule has 5 rings (SSSR count). The highest BCUT2D eigenvalue weighted by atomic mass is 16.8. The number of carbonyl (C=O) groups excluding carboxylic acids is 1. The van der Waals surface area contributed by atoms with Crippen molar-refractivity contribution in [2.45, 2.75) is 142 Å². The van der Waals surface area contributed by atoms with Gasteiger partial charge in [0, 0.05) is 36.7 Å². The molecule has 2 spiro atoms. The van der Waals surface area contributed by atoms with Crippen molar-refractivity contribution in [1.29, 1.82) is 0 Å². The summed E-state index contributed by atoms with van der Waals surface area (Å²) in [7, 11) is 0. The highest BCUT2D eigenvalue weighted by Crippen LogP contribution is 2.67. The van der Waals surface area contributed by atoms with Crippen molar-refractivity contribution >= 4 is 5.97 Å². The van der Waals surface area contributed by atoms with E-state index in [1.54, 1.807) is 6.92 Å². The highest BCUT2D eigenvalue weighted by molar-refractivity contribution is 5.87. The molecule has 0 radical (unpaired) electrons. The van der Waals surface area contributed by atoms with Gasteiger partial charge in [-0.1, -0.05) is 54.5 Å². The quantitative estimate of drug-likeness (QED) is 0.252. The molecule has 0 aromatic rings. The summed E-state index contributed by atoms with van der Waals surface area (Å²) in [6.07, 6.45) is 7.71. The maximum atomic E-state index is 12.8. The number of rotatable bonds is 4. The first-order valence-corrected chi connectivity index (χ1v) is 15.3. The van der Waals surface area contributed by atoms with Gasteiger partial charge in [-0.15, -0.1) is 0 Å². The SMILES string of the molecule is C=C(C)C(=O)O[C@H]1C[C@H](OC2(O)CC3CCCC2(C)C3(C)C)CO[C@]12COC1(CCCC(C(C)(C)C)CC1)O2. The molecule has 39 heavy (non-hydrogen) atoms. The standard InChI is InChI=1S/C32H52O7/c1-21(2)26(33)37-25-17-24(38-32(34)18-23-12-9-14-29(32,8)28(23,6)7)19-35-31(25)20-36-30(39-31)15-10-11-22(13-16-30)27(3,4)5/h22-25,34H,1,9-20H2,2-8H3/t22?,23?,24-,25-,29?,30?,31-,32?/m0/s1. The predicted molar refractivity (Wildman–Crippen MR) is 147 cm³/mol. The van der Waals surface area contributed by atoms with Crippen LogP contribution in [0.2, 0.25) is 0 Å². The lowest BCUT2D eigenvalue weighted by molar-refractivity contribution is -0.356. The fraction of sp³-hybridized carbons (Fsp3) is 0.906. The van der Waals surface area contributed by atoms with E-state index in [0.29, 0.717) is 30.3 Å². The van der Waals surface area contributed by atoms with Crippen LogP contribution in [0, 0.1) is 28.1 Å². The van der Waals surface area contributed by atoms with Gasteiger partial charge in [-0.2, -0.15) is 0 Å². The Balaban J connectivity index is 1.34. The Hall–Kier alpha value is -0.990. The summed E-state index contributed by atoms with van der Waals surface area (Å²) in [6, 6.07) is 0. The monoisotopic (exact) mass is 548 g/mol. The van der Waals surface area contributed by atoms with Crippen molar-refractivity contribution in [2.75, 3.05) is 13.2 Å². The van der Waals surface area contributed by atoms with E-state index in [-0.39, 0.29) is 29.5 Å². The Morgan fingerprint density at radius 3 is 2.41 bits per heavy atom. The number of carbonyl (C=O) groups is 1. The third kappa shape index (κ3) is 4.92. The van der Waals surface area contributed by atoms with Crippen molar-refractivity contribution in [3.05, 3.63) is 12.2 Å². The van der Waals surface area contributed by atoms with E-state index in [1.807, 2.05) is 0 Å². The number of hydrogen-bond donors (Lipinski definition) is 1. The summed E-state index contributed by atoms with van der Waals surface area (Å²) < 4.78 is 32.2. The Morgan fingerprint density at radius 2 is 1.74 bits per heavy atom. The lowest BCUT2D eigenvalue weighted by Crippen LogP contribution is -2.60. The fourth-order valence-electron chi connectivity index (χ4n) is 8.40. The van der Waals surface area contributed by atoms with E-state index >= 15 is 0 Å². The van der Waals surface area contributed by atoms with Crippen molar-refractivity contribution < 1.29 is 33.6 Å². The van der Waals surface area contributed by atoms with Gasteiger partial charge in [0.25, 0.3) is 0 Å². The smallest absolute Gasteiger partial charge is 0.333 e. The molecule has 222 valence electrons. The third-order valence-corrected chi connectivity index (χ3v) is 11.6. The number of fused-ring (bicyclic) bond motifs is 2. The molecular formula is C32H52O7. The summed E-state index contributed by atoms with van der Waals surface area (Å²) in [4.78, 5) is 12.8. The molecule has 7 heteroatoms. The van der Waals surface area contributed by atoms with Crippen molar-refractivity contribution in [3.8, 4) is 0 Å². The topological polar surface area (TPSA) is 83.5 Å². The zero-order valence-electron chi connectivity index (χ0n) is 25.4. The van der Waals surface area contributed by atoms with E-state index in [4.69, 9.17) is 23.7 Å². The molecule has 5 aliphatic rings. The van der Waals surface area contributed by atoms with Gasteiger partial charge in [-0.3, -0.25) is 0 Å². The molecule has 0 aromatic carbocycles. The minimum atomic E-state index is -1.25. The average molecular weight is 549 g/mol. The minimum absolute atomic E-state index is 0.0260. The Morgan fingerprint density at radius 1 is 1.03 bits per heavy atom. The zero-order chi connectivity index (χ0) is 28.5. The van der Waals surface area contributed by atoms with Crippen molar-refractivity contribution in [3.63, 3.8) is 0 Å². The van der Waals surface area contributed by atoms with E-state index in [1.165, 1.54) is 0 Å². The first kappa shape index (κ1) is 29.5. The summed E-state index contributed by atoms with van der Waals surface area (Å²) in [6.45, 7) is 19.5. The molecule has 0 aromatic heterocycles. The van der Waals surface area contributed by atoms with Crippen LogP contribution in [0.1, 0.15) is 113 Å². The zero-order valence-corrected chi connectivity index (χ0v) is 25.4. The second kappa shape index (κ2) is 9.79. The summed E-state index contributed by atoms with van der Waals surface area (Å²) >= 11 is 0. The average Bonchev–Trinajstić information content (AvgIpc) is 3.05. The van der Waals surface area contributed by atoms with Crippen LogP contribution in [0.4, 0.5) is 0 Å². The minimum Gasteiger partial charge on any atom is -0.453 e. The van der Waals surface area contributed by atoms with Crippen LogP contribution in [0.3, 0.4) is 0 Å². The second-order valence-corrected chi connectivity index (χ2v) is 15.2. The molecular weight excluding hydrogens is 496 g/mol. The highest BCUT2D eigenvalue weighted by Gasteiger charge is 2.68. The summed E-state index contributed by atoms with van der Waals surface area (Å²) in [5.74, 6) is -2.65. The molecule has 5 unspecified atom stereocenters. The van der Waals surface area contributed by atoms with Crippen LogP contribution in [0.25, 0.3) is 0 Å². The lowest BCUT2D eigenvalue weighted by Gasteiger charge is -2.51. The lowest BCUT2D eigenvalue weighted by atomic mass is 9.58. The number of aliphatic hydroxyl groups is 1. The Kier molecular flexibility index (Phi) is 7.41. The predicted octanol–water partition coefficient (Wildman–Crippen LogP) is 6.27. The Labute approximate surface area is 235 Å². The molecule has 3 saturated carbocycles. The van der Waals surface area contributed by atoms with Gasteiger partial charge in [0.05, 0.1) is 12.7 Å². The second-order valence-electron chi connectivity index (χ2n) is 15.2. The van der Waals surface area contributed by atoms with Crippen LogP contribution < -0.4 is 0 Å². The first-order valence-electron chi connectivity index (χ1n) is 15.3. The normalized spacial score (nSPS) is 45.8. The number of esters is 1. The van der Waals surface area contributed by atoms with Gasteiger partial charge in [-0.25, -0.2) is 4.79 Å². The molecule has 2 heterocycles. The van der Waals surface area contributed by atoms with Gasteiger partial charge in [0.1, 0.15) is 6.61 Å². The van der Waals surface area contributed by atoms with Crippen molar-refractivity contribution in [2.24, 2.45) is 28.1 Å². The molecule has 7 nitrogen and oxygen atoms in total. The van der Waals surface area contributed by atoms with E-state index in [9.17, 15) is 9.90 Å². The largest absolute Gasteiger partial charge is 0.453 e. The number of hydrogen-bond acceptors (Lipinski definition) is 7. The van der Waals surface area contributed by atoms with E-state index < -0.39 is 35.5 Å². The maximum absolute atomic E-state index is 12.8. The van der Waals surface area contributed by atoms with Gasteiger partial charge < -0.3 is 28.8 Å². The van der Waals surface area contributed by atoms with E-state index in [0.717, 1.165) is 51.4 Å². The molecule has 8 atom stereocenters. The van der Waals surface area contributed by atoms with Gasteiger partial charge in [-0.05, 0) is 61.7 Å². The first-order chi connectivity index (χ1) is 18.0. The molecule has 3 aliphatic carbocycles. The van der Waals surface area contributed by atoms with Crippen LogP contribution in [-0.2, 0) is 28.5 Å². The van der Waals surface area contributed by atoms with Crippen molar-refractivity contribution in [1.82, 2.24) is 0 Å². The van der Waals surface area contributed by atoms with Gasteiger partial charge in [0.15, 0.2) is 17.7 Å². The molecule has 5 fully saturated rings. The van der Waals surface area contributed by atoms with E-state index in [2.05, 4.69) is 48.1 Å². The molecule has 2 saturated heterocycles. The molecule has 2 bridgehead atoms. The Bertz CT molecular complexity index is 970. The van der Waals surface area contributed by atoms with Crippen LogP contribution in [-0.4, -0.2) is 53.9 Å². The molecule has 2 aliphatic heterocycles. The van der Waals surface area contributed by atoms with Gasteiger partial charge in [0.2, 0.25) is 5.79 Å². The fourth-order valence-corrected chi connectivity index (χ4v) is 8.40. The summed E-state index contributed by atoms with van der Waals surface area (Å²) in [5.41, 5.74) is 0.170. The summed E-state index contributed by atoms with van der Waals surface area (Å²) in [5, 5.41) is 12.0. The number of ether oxygens (including phenoxy) is 5. The molecule has 0 amide bonds. The molecule has 1 N–H and O–H groups in total. The van der Waals surface area contributed by atoms with Gasteiger partial charge >= 0.3 is 5.97 Å². The third-order valence-electron chi connectivity index (χ3n) is 11.6.